The van der Waals surface area contributed by atoms with E-state index in [-0.39, 0.29) is 25.2 Å². The molecule has 1 aromatic carbocycles. The van der Waals surface area contributed by atoms with Crippen molar-refractivity contribution in [1.82, 2.24) is 10.6 Å². The van der Waals surface area contributed by atoms with Crippen molar-refractivity contribution in [3.05, 3.63) is 29.8 Å². The molecular weight excluding hydrogens is 260 g/mol. The van der Waals surface area contributed by atoms with Gasteiger partial charge in [0.15, 0.2) is 0 Å². The van der Waals surface area contributed by atoms with Crippen molar-refractivity contribution in [2.45, 2.75) is 12.6 Å². The lowest BCUT2D eigenvalue weighted by molar-refractivity contribution is -0.126. The van der Waals surface area contributed by atoms with E-state index in [9.17, 15) is 4.79 Å². The molecule has 1 aromatic rings. The number of aliphatic hydroxyl groups excluding tert-OH is 1. The van der Waals surface area contributed by atoms with Crippen molar-refractivity contribution in [2.75, 3.05) is 33.0 Å². The predicted molar refractivity (Wildman–Crippen MR) is 73.5 cm³/mol. The molecule has 0 radical (unpaired) electrons. The molecule has 1 aliphatic heterocycles. The normalized spacial score (nSPS) is 18.6. The number of benzene rings is 1. The van der Waals surface area contributed by atoms with Gasteiger partial charge in [-0.15, -0.1) is 0 Å². The Bertz CT molecular complexity index is 433. The average molecular weight is 280 g/mol. The standard InChI is InChI=1S/C14H20N2O4/c17-6-8-20-13-4-2-1-3-11(13)9-16-14(18)12-10-19-7-5-15-12/h1-4,12,15,17H,5-10H2,(H,16,18)/t12-/m1/s1. The van der Waals surface area contributed by atoms with Gasteiger partial charge in [-0.05, 0) is 6.07 Å². The van der Waals surface area contributed by atoms with Gasteiger partial charge in [0.2, 0.25) is 5.91 Å². The number of carbonyl (C=O) groups is 1. The van der Waals surface area contributed by atoms with Crippen LogP contribution in [0.15, 0.2) is 24.3 Å². The zero-order valence-electron chi connectivity index (χ0n) is 11.3. The van der Waals surface area contributed by atoms with E-state index in [1.807, 2.05) is 24.3 Å². The first-order chi connectivity index (χ1) is 9.81. The Morgan fingerprint density at radius 3 is 3.10 bits per heavy atom. The quantitative estimate of drug-likeness (QED) is 0.664. The Hall–Kier alpha value is -1.63. The molecule has 1 saturated heterocycles. The molecule has 1 atom stereocenters. The number of para-hydroxylation sites is 1. The first-order valence-electron chi connectivity index (χ1n) is 6.71. The van der Waals surface area contributed by atoms with Gasteiger partial charge >= 0.3 is 0 Å². The van der Waals surface area contributed by atoms with Gasteiger partial charge in [0.25, 0.3) is 0 Å². The summed E-state index contributed by atoms with van der Waals surface area (Å²) in [5.41, 5.74) is 0.881. The number of aliphatic hydroxyl groups is 1. The van der Waals surface area contributed by atoms with Gasteiger partial charge in [-0.1, -0.05) is 18.2 Å². The van der Waals surface area contributed by atoms with E-state index in [1.54, 1.807) is 0 Å². The highest BCUT2D eigenvalue weighted by Gasteiger charge is 2.20. The van der Waals surface area contributed by atoms with Crippen LogP contribution in [-0.2, 0) is 16.1 Å². The Morgan fingerprint density at radius 1 is 1.50 bits per heavy atom. The fraction of sp³-hybridized carbons (Fsp3) is 0.500. The van der Waals surface area contributed by atoms with E-state index in [0.717, 1.165) is 5.56 Å². The lowest BCUT2D eigenvalue weighted by atomic mass is 10.2. The summed E-state index contributed by atoms with van der Waals surface area (Å²) in [6, 6.07) is 7.15. The summed E-state index contributed by atoms with van der Waals surface area (Å²) in [5, 5.41) is 14.8. The van der Waals surface area contributed by atoms with Crippen LogP contribution in [0.25, 0.3) is 0 Å². The fourth-order valence-electron chi connectivity index (χ4n) is 1.99. The van der Waals surface area contributed by atoms with Gasteiger partial charge in [0.05, 0.1) is 19.8 Å². The van der Waals surface area contributed by atoms with Crippen LogP contribution in [0.4, 0.5) is 0 Å². The summed E-state index contributed by atoms with van der Waals surface area (Å²) in [4.78, 5) is 12.0. The van der Waals surface area contributed by atoms with E-state index in [0.29, 0.717) is 32.1 Å². The summed E-state index contributed by atoms with van der Waals surface area (Å²) in [7, 11) is 0. The third kappa shape index (κ3) is 4.19. The number of amides is 1. The van der Waals surface area contributed by atoms with Crippen molar-refractivity contribution in [3.63, 3.8) is 0 Å². The Balaban J connectivity index is 1.87. The van der Waals surface area contributed by atoms with Gasteiger partial charge in [0.1, 0.15) is 18.4 Å². The minimum absolute atomic E-state index is 0.0377. The molecule has 6 heteroatoms. The van der Waals surface area contributed by atoms with E-state index in [2.05, 4.69) is 10.6 Å². The highest BCUT2D eigenvalue weighted by atomic mass is 16.5. The van der Waals surface area contributed by atoms with Crippen LogP contribution in [-0.4, -0.2) is 50.0 Å². The second-order valence-electron chi connectivity index (χ2n) is 4.48. The molecule has 0 aliphatic carbocycles. The minimum atomic E-state index is -0.297. The predicted octanol–water partition coefficient (Wildman–Crippen LogP) is -0.338. The first-order valence-corrected chi connectivity index (χ1v) is 6.71. The summed E-state index contributed by atoms with van der Waals surface area (Å²) < 4.78 is 10.7. The van der Waals surface area contributed by atoms with Gasteiger partial charge in [-0.25, -0.2) is 0 Å². The summed E-state index contributed by atoms with van der Waals surface area (Å²) in [6.45, 7) is 2.32. The molecular formula is C14H20N2O4. The van der Waals surface area contributed by atoms with Crippen LogP contribution >= 0.6 is 0 Å². The number of hydrogen-bond donors (Lipinski definition) is 3. The maximum atomic E-state index is 12.0. The number of carbonyl (C=O) groups excluding carboxylic acids is 1. The van der Waals surface area contributed by atoms with E-state index < -0.39 is 0 Å². The highest BCUT2D eigenvalue weighted by Crippen LogP contribution is 2.17. The molecule has 0 aromatic heterocycles. The molecule has 110 valence electrons. The van der Waals surface area contributed by atoms with E-state index >= 15 is 0 Å². The SMILES string of the molecule is O=C(NCc1ccccc1OCCO)[C@H]1COCCN1. The van der Waals surface area contributed by atoms with E-state index in [1.165, 1.54) is 0 Å². The molecule has 1 aliphatic rings. The lowest BCUT2D eigenvalue weighted by Gasteiger charge is -2.23. The Morgan fingerprint density at radius 2 is 2.35 bits per heavy atom. The molecule has 1 heterocycles. The fourth-order valence-corrected chi connectivity index (χ4v) is 1.99. The number of hydrogen-bond acceptors (Lipinski definition) is 5. The molecule has 1 amide bonds. The van der Waals surface area contributed by atoms with Crippen molar-refractivity contribution in [3.8, 4) is 5.75 Å². The summed E-state index contributed by atoms with van der Waals surface area (Å²) in [5.74, 6) is 0.594. The van der Waals surface area contributed by atoms with Crippen molar-refractivity contribution in [2.24, 2.45) is 0 Å². The maximum Gasteiger partial charge on any atom is 0.239 e. The van der Waals surface area contributed by atoms with Crippen molar-refractivity contribution in [1.29, 1.82) is 0 Å². The van der Waals surface area contributed by atoms with Crippen LogP contribution in [0.2, 0.25) is 0 Å². The first kappa shape index (κ1) is 14.8. The Labute approximate surface area is 118 Å². The highest BCUT2D eigenvalue weighted by molar-refractivity contribution is 5.82. The smallest absolute Gasteiger partial charge is 0.239 e. The second-order valence-corrected chi connectivity index (χ2v) is 4.48. The van der Waals surface area contributed by atoms with Gasteiger partial charge in [-0.3, -0.25) is 4.79 Å². The molecule has 0 unspecified atom stereocenters. The molecule has 2 rings (SSSR count). The average Bonchev–Trinajstić information content (AvgIpc) is 2.52. The molecule has 6 nitrogen and oxygen atoms in total. The summed E-state index contributed by atoms with van der Waals surface area (Å²) in [6.07, 6.45) is 0. The largest absolute Gasteiger partial charge is 0.491 e. The van der Waals surface area contributed by atoms with Crippen LogP contribution in [0, 0.1) is 0 Å². The molecule has 1 fully saturated rings. The molecule has 0 spiro atoms. The zero-order valence-corrected chi connectivity index (χ0v) is 11.3. The monoisotopic (exact) mass is 280 g/mol. The summed E-state index contributed by atoms with van der Waals surface area (Å²) >= 11 is 0. The zero-order chi connectivity index (χ0) is 14.2. The van der Waals surface area contributed by atoms with Crippen LogP contribution in [0.5, 0.6) is 5.75 Å². The van der Waals surface area contributed by atoms with Crippen LogP contribution in [0.3, 0.4) is 0 Å². The third-order valence-corrected chi connectivity index (χ3v) is 3.01. The minimum Gasteiger partial charge on any atom is -0.491 e. The molecule has 3 N–H and O–H groups in total. The maximum absolute atomic E-state index is 12.0. The van der Waals surface area contributed by atoms with E-state index in [4.69, 9.17) is 14.6 Å². The number of rotatable bonds is 6. The number of nitrogens with one attached hydrogen (secondary N) is 2. The van der Waals surface area contributed by atoms with Crippen LogP contribution < -0.4 is 15.4 Å². The van der Waals surface area contributed by atoms with Crippen molar-refractivity contribution < 1.29 is 19.4 Å². The second kappa shape index (κ2) is 7.84. The van der Waals surface area contributed by atoms with Gasteiger partial charge in [-0.2, -0.15) is 0 Å². The molecule has 20 heavy (non-hydrogen) atoms. The molecule has 0 saturated carbocycles. The lowest BCUT2D eigenvalue weighted by Crippen LogP contribution is -2.51. The molecule has 0 bridgehead atoms. The van der Waals surface area contributed by atoms with Gasteiger partial charge < -0.3 is 25.2 Å². The van der Waals surface area contributed by atoms with Crippen molar-refractivity contribution >= 4 is 5.91 Å². The van der Waals surface area contributed by atoms with Crippen LogP contribution in [0.1, 0.15) is 5.56 Å². The number of ether oxygens (including phenoxy) is 2. The topological polar surface area (TPSA) is 79.8 Å². The Kier molecular flexibility index (Phi) is 5.79. The third-order valence-electron chi connectivity index (χ3n) is 3.01. The number of morpholine rings is 1. The van der Waals surface area contributed by atoms with Gasteiger partial charge in [0, 0.05) is 18.7 Å².